The van der Waals surface area contributed by atoms with E-state index < -0.39 is 10.1 Å². The first-order valence-electron chi connectivity index (χ1n) is 8.57. The van der Waals surface area contributed by atoms with Crippen molar-refractivity contribution in [1.29, 1.82) is 0 Å². The highest BCUT2D eigenvalue weighted by atomic mass is 32.2. The number of rotatable bonds is 6. The molecule has 0 aliphatic rings. The van der Waals surface area contributed by atoms with Crippen LogP contribution >= 0.6 is 0 Å². The van der Waals surface area contributed by atoms with Crippen LogP contribution in [0.25, 0.3) is 0 Å². The fraction of sp³-hybridized carbons (Fsp3) is 0.143. The van der Waals surface area contributed by atoms with Crippen molar-refractivity contribution in [2.75, 3.05) is 5.48 Å². The maximum absolute atomic E-state index is 11.4. The smallest absolute Gasteiger partial charge is 0.296 e. The quantitative estimate of drug-likeness (QED) is 0.421. The van der Waals surface area contributed by atoms with E-state index in [2.05, 4.69) is 19.3 Å². The Bertz CT molecular complexity index is 1060. The topological polar surface area (TPSA) is 95.9 Å². The van der Waals surface area contributed by atoms with Gasteiger partial charge < -0.3 is 9.94 Å². The Balaban J connectivity index is 1.76. The molecule has 0 saturated carbocycles. The molecule has 0 aliphatic heterocycles. The molecule has 0 saturated heterocycles. The van der Waals surface area contributed by atoms with Gasteiger partial charge in [0.15, 0.2) is 5.75 Å². The average Bonchev–Trinajstić information content (AvgIpc) is 2.66. The van der Waals surface area contributed by atoms with Gasteiger partial charge >= 0.3 is 0 Å². The van der Waals surface area contributed by atoms with Crippen LogP contribution in [-0.4, -0.2) is 18.1 Å². The number of anilines is 1. The van der Waals surface area contributed by atoms with E-state index in [0.717, 1.165) is 11.1 Å². The van der Waals surface area contributed by atoms with Crippen LogP contribution in [0.2, 0.25) is 0 Å². The molecule has 146 valence electrons. The molecule has 3 rings (SSSR count). The van der Waals surface area contributed by atoms with Gasteiger partial charge in [-0.05, 0) is 47.5 Å². The van der Waals surface area contributed by atoms with Crippen LogP contribution in [0.15, 0.2) is 77.7 Å². The van der Waals surface area contributed by atoms with Gasteiger partial charge in [0.05, 0.1) is 5.69 Å². The van der Waals surface area contributed by atoms with Gasteiger partial charge in [-0.15, -0.1) is 0 Å². The first-order chi connectivity index (χ1) is 13.2. The summed E-state index contributed by atoms with van der Waals surface area (Å²) in [7, 11) is -4.36. The fourth-order valence-corrected chi connectivity index (χ4v) is 3.51. The average molecular weight is 399 g/mol. The number of nitrogens with one attached hydrogen (secondary N) is 1. The molecule has 28 heavy (non-hydrogen) atoms. The van der Waals surface area contributed by atoms with Crippen LogP contribution in [0.5, 0.6) is 11.5 Å². The van der Waals surface area contributed by atoms with Gasteiger partial charge in [0.25, 0.3) is 10.1 Å². The van der Waals surface area contributed by atoms with Crippen molar-refractivity contribution in [3.8, 4) is 11.5 Å². The number of phenolic OH excluding ortho intramolecular Hbond substituents is 1. The highest BCUT2D eigenvalue weighted by Gasteiger charge is 2.23. The number of aromatic hydroxyl groups is 1. The van der Waals surface area contributed by atoms with Crippen molar-refractivity contribution in [1.82, 2.24) is 0 Å². The van der Waals surface area contributed by atoms with Crippen LogP contribution in [0.3, 0.4) is 0 Å². The zero-order valence-electron chi connectivity index (χ0n) is 15.5. The molecule has 3 N–H and O–H groups in total. The lowest BCUT2D eigenvalue weighted by atomic mass is 9.78. The summed E-state index contributed by atoms with van der Waals surface area (Å²) in [5, 5.41) is 9.48. The second-order valence-corrected chi connectivity index (χ2v) is 8.26. The molecule has 3 aromatic carbocycles. The summed E-state index contributed by atoms with van der Waals surface area (Å²) in [5.41, 5.74) is 4.52. The van der Waals surface area contributed by atoms with E-state index in [1.807, 2.05) is 24.3 Å². The van der Waals surface area contributed by atoms with E-state index in [1.165, 1.54) is 18.2 Å². The molecule has 6 nitrogen and oxygen atoms in total. The summed E-state index contributed by atoms with van der Waals surface area (Å²) < 4.78 is 32.1. The standard InChI is InChI=1S/C21H21NO5S/c1-21(2,15-7-11-17(23)12-8-15)16-9-13-18(14-10-16)27-22-19-5-3-4-6-20(19)28(24,25)26/h3-14,22-23H,1-2H3,(H,24,25,26). The van der Waals surface area contributed by atoms with Gasteiger partial charge in [0.1, 0.15) is 10.6 Å². The molecule has 0 amide bonds. The van der Waals surface area contributed by atoms with Gasteiger partial charge in [0, 0.05) is 5.41 Å². The number of benzene rings is 3. The summed E-state index contributed by atoms with van der Waals surface area (Å²) in [5.74, 6) is 0.704. The van der Waals surface area contributed by atoms with E-state index in [4.69, 9.17) is 4.84 Å². The molecule has 0 radical (unpaired) electrons. The summed E-state index contributed by atoms with van der Waals surface area (Å²) in [4.78, 5) is 5.19. The van der Waals surface area contributed by atoms with Crippen molar-refractivity contribution < 1.29 is 22.9 Å². The predicted molar refractivity (Wildman–Crippen MR) is 107 cm³/mol. The predicted octanol–water partition coefficient (Wildman–Crippen LogP) is 4.37. The number of phenols is 1. The first kappa shape index (κ1) is 19.7. The molecule has 0 unspecified atom stereocenters. The van der Waals surface area contributed by atoms with E-state index in [9.17, 15) is 18.1 Å². The van der Waals surface area contributed by atoms with Crippen LogP contribution < -0.4 is 10.3 Å². The molecule has 7 heteroatoms. The SMILES string of the molecule is CC(C)(c1ccc(O)cc1)c1ccc(ONc2ccccc2S(=O)(=O)O)cc1. The zero-order chi connectivity index (χ0) is 20.4. The summed E-state index contributed by atoms with van der Waals surface area (Å²) >= 11 is 0. The van der Waals surface area contributed by atoms with Crippen LogP contribution in [0.4, 0.5) is 5.69 Å². The lowest BCUT2D eigenvalue weighted by Crippen LogP contribution is -2.18. The maximum atomic E-state index is 11.4. The molecule has 0 bridgehead atoms. The minimum atomic E-state index is -4.36. The molecule has 0 heterocycles. The Morgan fingerprint density at radius 2 is 1.39 bits per heavy atom. The monoisotopic (exact) mass is 399 g/mol. The first-order valence-corrected chi connectivity index (χ1v) is 10.0. The summed E-state index contributed by atoms with van der Waals surface area (Å²) in [6, 6.07) is 20.4. The van der Waals surface area contributed by atoms with Crippen molar-refractivity contribution in [2.24, 2.45) is 0 Å². The van der Waals surface area contributed by atoms with Crippen molar-refractivity contribution >= 4 is 15.8 Å². The number of hydrogen-bond donors (Lipinski definition) is 3. The Hall–Kier alpha value is -3.03. The number of hydrogen-bond acceptors (Lipinski definition) is 5. The second-order valence-electron chi connectivity index (χ2n) is 6.87. The third kappa shape index (κ3) is 4.27. The molecule has 0 aromatic heterocycles. The third-order valence-corrected chi connectivity index (χ3v) is 5.52. The Kier molecular flexibility index (Phi) is 5.31. The molecule has 0 spiro atoms. The highest BCUT2D eigenvalue weighted by Crippen LogP contribution is 2.33. The van der Waals surface area contributed by atoms with Crippen molar-refractivity contribution in [2.45, 2.75) is 24.2 Å². The van der Waals surface area contributed by atoms with Crippen LogP contribution in [-0.2, 0) is 15.5 Å². The zero-order valence-corrected chi connectivity index (χ0v) is 16.3. The molecule has 0 aliphatic carbocycles. The van der Waals surface area contributed by atoms with Gasteiger partial charge in [-0.3, -0.25) is 4.55 Å². The third-order valence-electron chi connectivity index (χ3n) is 4.61. The lowest BCUT2D eigenvalue weighted by molar-refractivity contribution is 0.401. The molecule has 3 aromatic rings. The molecular weight excluding hydrogens is 378 g/mol. The van der Waals surface area contributed by atoms with Crippen LogP contribution in [0.1, 0.15) is 25.0 Å². The Morgan fingerprint density at radius 3 is 1.96 bits per heavy atom. The van der Waals surface area contributed by atoms with Crippen molar-refractivity contribution in [3.63, 3.8) is 0 Å². The maximum Gasteiger partial charge on any atom is 0.296 e. The number of para-hydroxylation sites is 1. The van der Waals surface area contributed by atoms with Gasteiger partial charge in [-0.25, -0.2) is 5.48 Å². The van der Waals surface area contributed by atoms with E-state index in [0.29, 0.717) is 5.75 Å². The fourth-order valence-electron chi connectivity index (χ4n) is 2.87. The van der Waals surface area contributed by atoms with Crippen LogP contribution in [0, 0.1) is 0 Å². The van der Waals surface area contributed by atoms with E-state index >= 15 is 0 Å². The van der Waals surface area contributed by atoms with Crippen molar-refractivity contribution in [3.05, 3.63) is 83.9 Å². The van der Waals surface area contributed by atoms with Gasteiger partial charge in [-0.2, -0.15) is 8.42 Å². The normalized spacial score (nSPS) is 11.8. The highest BCUT2D eigenvalue weighted by molar-refractivity contribution is 7.86. The minimum absolute atomic E-state index is 0.137. The van der Waals surface area contributed by atoms with Gasteiger partial charge in [0.2, 0.25) is 0 Å². The molecular formula is C21H21NO5S. The van der Waals surface area contributed by atoms with E-state index in [1.54, 1.807) is 30.3 Å². The Morgan fingerprint density at radius 1 is 0.857 bits per heavy atom. The van der Waals surface area contributed by atoms with E-state index in [-0.39, 0.29) is 21.7 Å². The summed E-state index contributed by atoms with van der Waals surface area (Å²) in [6.07, 6.45) is 0. The summed E-state index contributed by atoms with van der Waals surface area (Å²) in [6.45, 7) is 4.16. The van der Waals surface area contributed by atoms with Gasteiger partial charge in [-0.1, -0.05) is 50.2 Å². The lowest BCUT2D eigenvalue weighted by Gasteiger charge is -2.26. The molecule has 0 atom stereocenters. The largest absolute Gasteiger partial charge is 0.508 e. The minimum Gasteiger partial charge on any atom is -0.508 e. The second kappa shape index (κ2) is 7.53. The molecule has 0 fully saturated rings. The Labute approximate surface area is 164 Å².